The monoisotopic (exact) mass is 266 g/mol. The van der Waals surface area contributed by atoms with Crippen molar-refractivity contribution in [3.63, 3.8) is 0 Å². The van der Waals surface area contributed by atoms with E-state index in [0.29, 0.717) is 17.9 Å². The van der Waals surface area contributed by atoms with Gasteiger partial charge in [0.25, 0.3) is 0 Å². The lowest BCUT2D eigenvalue weighted by Crippen LogP contribution is -1.98. The van der Waals surface area contributed by atoms with Crippen molar-refractivity contribution < 1.29 is 9.15 Å². The number of aryl methyl sites for hydroxylation is 1. The second-order valence-corrected chi connectivity index (χ2v) is 4.67. The molecule has 0 fully saturated rings. The molecule has 0 N–H and O–H groups in total. The highest BCUT2D eigenvalue weighted by Crippen LogP contribution is 2.20. The highest BCUT2D eigenvalue weighted by atomic mass is 16.5. The van der Waals surface area contributed by atoms with Crippen molar-refractivity contribution in [1.29, 1.82) is 0 Å². The van der Waals surface area contributed by atoms with Crippen molar-refractivity contribution in [3.05, 3.63) is 76.1 Å². The van der Waals surface area contributed by atoms with E-state index in [1.807, 2.05) is 30.3 Å². The quantitative estimate of drug-likeness (QED) is 0.679. The summed E-state index contributed by atoms with van der Waals surface area (Å²) in [5, 5.41) is 0.882. The van der Waals surface area contributed by atoms with Crippen LogP contribution in [0.2, 0.25) is 0 Å². The molecule has 0 bridgehead atoms. The third kappa shape index (κ3) is 2.57. The van der Waals surface area contributed by atoms with Gasteiger partial charge in [-0.15, -0.1) is 0 Å². The Morgan fingerprint density at radius 3 is 2.70 bits per heavy atom. The first-order valence-corrected chi connectivity index (χ1v) is 6.43. The predicted octanol–water partition coefficient (Wildman–Crippen LogP) is 3.68. The highest BCUT2D eigenvalue weighted by molar-refractivity contribution is 5.77. The lowest BCUT2D eigenvalue weighted by Gasteiger charge is -2.08. The van der Waals surface area contributed by atoms with Crippen LogP contribution in [0.15, 0.2) is 63.8 Å². The molecule has 3 aromatic rings. The molecule has 0 amide bonds. The lowest BCUT2D eigenvalue weighted by atomic mass is 10.1. The van der Waals surface area contributed by atoms with E-state index in [1.54, 1.807) is 12.1 Å². The van der Waals surface area contributed by atoms with Crippen molar-refractivity contribution in [1.82, 2.24) is 0 Å². The maximum absolute atomic E-state index is 11.2. The molecule has 0 aliphatic rings. The molecule has 0 aliphatic carbocycles. The molecule has 0 atom stereocenters. The second-order valence-electron chi connectivity index (χ2n) is 4.67. The van der Waals surface area contributed by atoms with E-state index in [4.69, 9.17) is 9.15 Å². The summed E-state index contributed by atoms with van der Waals surface area (Å²) in [6.07, 6.45) is 0. The maximum Gasteiger partial charge on any atom is 0.336 e. The van der Waals surface area contributed by atoms with Gasteiger partial charge in [-0.05, 0) is 36.2 Å². The van der Waals surface area contributed by atoms with E-state index in [2.05, 4.69) is 13.0 Å². The standard InChI is InChI=1S/C17H14O3/c1-12-4-2-3-5-14(12)11-19-15-8-6-13-7-9-17(18)20-16(13)10-15/h2-10H,11H2,1H3. The van der Waals surface area contributed by atoms with E-state index < -0.39 is 0 Å². The fraction of sp³-hybridized carbons (Fsp3) is 0.118. The number of rotatable bonds is 3. The van der Waals surface area contributed by atoms with E-state index >= 15 is 0 Å². The van der Waals surface area contributed by atoms with Gasteiger partial charge in [-0.2, -0.15) is 0 Å². The molecule has 1 heterocycles. The molecule has 3 heteroatoms. The first-order chi connectivity index (χ1) is 9.72. The smallest absolute Gasteiger partial charge is 0.336 e. The molecular weight excluding hydrogens is 252 g/mol. The molecule has 100 valence electrons. The highest BCUT2D eigenvalue weighted by Gasteiger charge is 2.02. The van der Waals surface area contributed by atoms with Crippen molar-refractivity contribution >= 4 is 11.0 Å². The van der Waals surface area contributed by atoms with E-state index in [1.165, 1.54) is 11.6 Å². The summed E-state index contributed by atoms with van der Waals surface area (Å²) >= 11 is 0. The van der Waals surface area contributed by atoms with Gasteiger partial charge in [-0.1, -0.05) is 24.3 Å². The van der Waals surface area contributed by atoms with Crippen LogP contribution in [0.4, 0.5) is 0 Å². The predicted molar refractivity (Wildman–Crippen MR) is 78.0 cm³/mol. The molecule has 0 spiro atoms. The Morgan fingerprint density at radius 2 is 1.85 bits per heavy atom. The molecule has 0 unspecified atom stereocenters. The van der Waals surface area contributed by atoms with Gasteiger partial charge in [0.2, 0.25) is 0 Å². The zero-order valence-electron chi connectivity index (χ0n) is 11.1. The molecule has 2 aromatic carbocycles. The zero-order valence-corrected chi connectivity index (χ0v) is 11.1. The summed E-state index contributed by atoms with van der Waals surface area (Å²) in [4.78, 5) is 11.2. The van der Waals surface area contributed by atoms with Crippen molar-refractivity contribution in [2.45, 2.75) is 13.5 Å². The van der Waals surface area contributed by atoms with Crippen LogP contribution in [-0.4, -0.2) is 0 Å². The average Bonchev–Trinajstić information content (AvgIpc) is 2.46. The molecule has 20 heavy (non-hydrogen) atoms. The molecule has 0 aliphatic heterocycles. The first kappa shape index (κ1) is 12.5. The number of ether oxygens (including phenoxy) is 1. The number of benzene rings is 2. The average molecular weight is 266 g/mol. The number of hydrogen-bond donors (Lipinski definition) is 0. The molecule has 0 radical (unpaired) electrons. The van der Waals surface area contributed by atoms with Gasteiger partial charge in [0.1, 0.15) is 17.9 Å². The largest absolute Gasteiger partial charge is 0.489 e. The summed E-state index contributed by atoms with van der Waals surface area (Å²) in [5.74, 6) is 0.690. The second kappa shape index (κ2) is 5.21. The third-order valence-corrected chi connectivity index (χ3v) is 3.25. The number of hydrogen-bond acceptors (Lipinski definition) is 3. The van der Waals surface area contributed by atoms with Crippen LogP contribution >= 0.6 is 0 Å². The van der Waals surface area contributed by atoms with Crippen LogP contribution in [0.5, 0.6) is 5.75 Å². The van der Waals surface area contributed by atoms with Crippen LogP contribution in [0.25, 0.3) is 11.0 Å². The van der Waals surface area contributed by atoms with Crippen LogP contribution < -0.4 is 10.4 Å². The minimum atomic E-state index is -0.353. The first-order valence-electron chi connectivity index (χ1n) is 6.43. The van der Waals surface area contributed by atoms with Crippen LogP contribution in [0.1, 0.15) is 11.1 Å². The van der Waals surface area contributed by atoms with E-state index in [0.717, 1.165) is 10.9 Å². The van der Waals surface area contributed by atoms with Crippen LogP contribution in [0, 0.1) is 6.92 Å². The molecule has 0 saturated carbocycles. The summed E-state index contributed by atoms with van der Waals surface area (Å²) in [6, 6.07) is 16.7. The van der Waals surface area contributed by atoms with Gasteiger partial charge >= 0.3 is 5.63 Å². The van der Waals surface area contributed by atoms with Crippen molar-refractivity contribution in [3.8, 4) is 5.75 Å². The molecule has 3 nitrogen and oxygen atoms in total. The Morgan fingerprint density at radius 1 is 1.05 bits per heavy atom. The normalized spacial score (nSPS) is 10.7. The molecule has 0 saturated heterocycles. The van der Waals surface area contributed by atoms with Crippen molar-refractivity contribution in [2.75, 3.05) is 0 Å². The topological polar surface area (TPSA) is 39.4 Å². The Bertz CT molecular complexity index is 802. The molecule has 3 rings (SSSR count). The Labute approximate surface area is 116 Å². The van der Waals surface area contributed by atoms with E-state index in [9.17, 15) is 4.79 Å². The van der Waals surface area contributed by atoms with Gasteiger partial charge in [0.05, 0.1) is 0 Å². The summed E-state index contributed by atoms with van der Waals surface area (Å²) in [7, 11) is 0. The third-order valence-electron chi connectivity index (χ3n) is 3.25. The van der Waals surface area contributed by atoms with E-state index in [-0.39, 0.29) is 5.63 Å². The molecule has 1 aromatic heterocycles. The Hall–Kier alpha value is -2.55. The van der Waals surface area contributed by atoms with Crippen LogP contribution in [-0.2, 0) is 6.61 Å². The minimum Gasteiger partial charge on any atom is -0.489 e. The SMILES string of the molecule is Cc1ccccc1COc1ccc2ccc(=O)oc2c1. The fourth-order valence-electron chi connectivity index (χ4n) is 2.06. The number of fused-ring (bicyclic) bond motifs is 1. The Balaban J connectivity index is 1.84. The minimum absolute atomic E-state index is 0.353. The summed E-state index contributed by atoms with van der Waals surface area (Å²) in [5.41, 5.74) is 2.52. The fourth-order valence-corrected chi connectivity index (χ4v) is 2.06. The van der Waals surface area contributed by atoms with Crippen molar-refractivity contribution in [2.24, 2.45) is 0 Å². The zero-order chi connectivity index (χ0) is 13.9. The van der Waals surface area contributed by atoms with Gasteiger partial charge in [-0.3, -0.25) is 0 Å². The maximum atomic E-state index is 11.2. The van der Waals surface area contributed by atoms with Gasteiger partial charge in [0, 0.05) is 17.5 Å². The molecular formula is C17H14O3. The van der Waals surface area contributed by atoms with Gasteiger partial charge in [-0.25, -0.2) is 4.79 Å². The summed E-state index contributed by atoms with van der Waals surface area (Å²) < 4.78 is 10.9. The van der Waals surface area contributed by atoms with Gasteiger partial charge in [0.15, 0.2) is 0 Å². The Kier molecular flexibility index (Phi) is 3.25. The summed E-state index contributed by atoms with van der Waals surface area (Å²) in [6.45, 7) is 2.55. The van der Waals surface area contributed by atoms with Crippen LogP contribution in [0.3, 0.4) is 0 Å². The lowest BCUT2D eigenvalue weighted by molar-refractivity contribution is 0.305. The van der Waals surface area contributed by atoms with Gasteiger partial charge < -0.3 is 9.15 Å².